The minimum atomic E-state index is -1.21. The molecule has 4 N–H and O–H groups in total. The van der Waals surface area contributed by atoms with Crippen LogP contribution in [0.15, 0.2) is 54.6 Å². The number of hydrogen-bond donors (Lipinski definition) is 4. The molecule has 1 heterocycles. The molecule has 11 heteroatoms. The maximum Gasteiger partial charge on any atom is 0.494 e. The topological polar surface area (TPSA) is 143 Å². The van der Waals surface area contributed by atoms with Crippen LogP contribution < -0.4 is 16.1 Å². The fraction of sp³-hybridized carbons (Fsp3) is 0.444. The Balaban J connectivity index is 1.44. The van der Waals surface area contributed by atoms with Crippen LogP contribution in [0.3, 0.4) is 0 Å². The van der Waals surface area contributed by atoms with Gasteiger partial charge in [-0.3, -0.25) is 4.79 Å². The van der Waals surface area contributed by atoms with Crippen LogP contribution in [0.25, 0.3) is 0 Å². The van der Waals surface area contributed by atoms with Crippen LogP contribution in [0.2, 0.25) is 0 Å². The van der Waals surface area contributed by atoms with Crippen LogP contribution >= 0.6 is 0 Å². The molecule has 3 rings (SSSR count). The van der Waals surface area contributed by atoms with Crippen LogP contribution in [0.5, 0.6) is 0 Å². The van der Waals surface area contributed by atoms with Crippen molar-refractivity contribution >= 4 is 30.6 Å². The zero-order chi connectivity index (χ0) is 27.9. The highest BCUT2D eigenvalue weighted by Crippen LogP contribution is 2.36. The zero-order valence-corrected chi connectivity index (χ0v) is 22.1. The predicted molar refractivity (Wildman–Crippen MR) is 141 cm³/mol. The van der Waals surface area contributed by atoms with Crippen molar-refractivity contribution < 1.29 is 38.6 Å². The van der Waals surface area contributed by atoms with Crippen molar-refractivity contribution in [1.29, 1.82) is 0 Å². The number of aliphatic hydroxyl groups excluding tert-OH is 1. The van der Waals surface area contributed by atoms with Crippen molar-refractivity contribution in [1.82, 2.24) is 10.6 Å². The molecule has 1 saturated heterocycles. The Morgan fingerprint density at radius 1 is 0.947 bits per heavy atom. The van der Waals surface area contributed by atoms with Crippen molar-refractivity contribution in [3.63, 3.8) is 0 Å². The Morgan fingerprint density at radius 2 is 1.55 bits per heavy atom. The van der Waals surface area contributed by atoms with Crippen LogP contribution in [-0.2, 0) is 36.7 Å². The van der Waals surface area contributed by atoms with Gasteiger partial charge in [-0.25, -0.2) is 9.59 Å². The SMILES string of the molecule is CC1(C)OB(c2ccc(C[C@@H](NC(=O)C[C@H](O)CNC(=O)OCc3ccccc3)C(=O)O)cc2)OC1(C)C. The van der Waals surface area contributed by atoms with Gasteiger partial charge in [0.2, 0.25) is 5.91 Å². The van der Waals surface area contributed by atoms with E-state index >= 15 is 0 Å². The van der Waals surface area contributed by atoms with Gasteiger partial charge in [0, 0.05) is 13.0 Å². The molecule has 10 nitrogen and oxygen atoms in total. The maximum absolute atomic E-state index is 12.4. The van der Waals surface area contributed by atoms with Crippen molar-refractivity contribution in [2.45, 2.75) is 70.5 Å². The number of carboxylic acid groups (broad SMARTS) is 1. The molecule has 2 atom stereocenters. The summed E-state index contributed by atoms with van der Waals surface area (Å²) in [6.07, 6.45) is -2.29. The average molecular weight is 526 g/mol. The lowest BCUT2D eigenvalue weighted by atomic mass is 9.78. The number of alkyl carbamates (subject to hydrolysis) is 1. The molecule has 0 unspecified atom stereocenters. The Labute approximate surface area is 222 Å². The summed E-state index contributed by atoms with van der Waals surface area (Å²) >= 11 is 0. The molecule has 2 aromatic carbocycles. The van der Waals surface area contributed by atoms with E-state index in [1.54, 1.807) is 24.3 Å². The molecule has 0 radical (unpaired) electrons. The van der Waals surface area contributed by atoms with Gasteiger partial charge in [-0.1, -0.05) is 54.6 Å². The fourth-order valence-corrected chi connectivity index (χ4v) is 3.74. The van der Waals surface area contributed by atoms with Gasteiger partial charge in [-0.15, -0.1) is 0 Å². The van der Waals surface area contributed by atoms with E-state index in [2.05, 4.69) is 10.6 Å². The molecule has 2 aromatic rings. The number of amides is 2. The first kappa shape index (κ1) is 29.2. The van der Waals surface area contributed by atoms with E-state index in [1.807, 2.05) is 58.0 Å². The van der Waals surface area contributed by atoms with Gasteiger partial charge in [-0.2, -0.15) is 0 Å². The van der Waals surface area contributed by atoms with Crippen LogP contribution in [0, 0.1) is 0 Å². The van der Waals surface area contributed by atoms with Crippen molar-refractivity contribution in [2.24, 2.45) is 0 Å². The molecule has 0 saturated carbocycles. The fourth-order valence-electron chi connectivity index (χ4n) is 3.74. The van der Waals surface area contributed by atoms with E-state index < -0.39 is 48.4 Å². The predicted octanol–water partition coefficient (Wildman–Crippen LogP) is 1.78. The van der Waals surface area contributed by atoms with Crippen LogP contribution in [0.1, 0.15) is 45.2 Å². The number of carbonyl (C=O) groups excluding carboxylic acids is 2. The number of nitrogens with one attached hydrogen (secondary N) is 2. The Bertz CT molecular complexity index is 1090. The van der Waals surface area contributed by atoms with Crippen LogP contribution in [0.4, 0.5) is 4.79 Å². The number of carbonyl (C=O) groups is 3. The minimum absolute atomic E-state index is 0.0465. The molecule has 204 valence electrons. The second-order valence-electron chi connectivity index (χ2n) is 10.3. The third kappa shape index (κ3) is 8.05. The summed E-state index contributed by atoms with van der Waals surface area (Å²) in [4.78, 5) is 35.9. The molecule has 0 aliphatic carbocycles. The normalized spacial score (nSPS) is 17.3. The molecule has 1 aliphatic heterocycles. The lowest BCUT2D eigenvalue weighted by Gasteiger charge is -2.32. The number of carboxylic acids is 1. The number of benzene rings is 2. The van der Waals surface area contributed by atoms with Crippen molar-refractivity contribution in [3.8, 4) is 0 Å². The Hall–Kier alpha value is -3.41. The standard InChI is InChI=1S/C27H35BN2O8/c1-26(2)27(3,4)38-28(37-26)20-12-10-18(11-13-20)14-22(24(33)34)30-23(32)15-21(31)16-29-25(35)36-17-19-8-6-5-7-9-19/h5-13,21-22,31H,14-17H2,1-4H3,(H,29,35)(H,30,32)(H,33,34)/t21-,22+/m0/s1. The van der Waals surface area contributed by atoms with E-state index in [1.165, 1.54) is 0 Å². The van der Waals surface area contributed by atoms with Gasteiger partial charge in [0.1, 0.15) is 12.6 Å². The Morgan fingerprint density at radius 3 is 2.13 bits per heavy atom. The summed E-state index contributed by atoms with van der Waals surface area (Å²) in [5.41, 5.74) is 1.36. The average Bonchev–Trinajstić information content (AvgIpc) is 3.08. The third-order valence-electron chi connectivity index (χ3n) is 6.69. The molecule has 2 amide bonds. The first-order valence-electron chi connectivity index (χ1n) is 12.5. The van der Waals surface area contributed by atoms with Gasteiger partial charge in [0.15, 0.2) is 0 Å². The minimum Gasteiger partial charge on any atom is -0.480 e. The smallest absolute Gasteiger partial charge is 0.480 e. The molecule has 38 heavy (non-hydrogen) atoms. The van der Waals surface area contributed by atoms with E-state index in [-0.39, 0.29) is 26.0 Å². The lowest BCUT2D eigenvalue weighted by Crippen LogP contribution is -2.44. The number of aliphatic hydroxyl groups is 1. The molecule has 0 bridgehead atoms. The number of hydrogen-bond acceptors (Lipinski definition) is 7. The Kier molecular flexibility index (Phi) is 9.53. The first-order chi connectivity index (χ1) is 17.9. The molecule has 0 aromatic heterocycles. The van der Waals surface area contributed by atoms with Crippen LogP contribution in [-0.4, -0.2) is 65.2 Å². The highest BCUT2D eigenvalue weighted by molar-refractivity contribution is 6.62. The number of rotatable bonds is 11. The summed E-state index contributed by atoms with van der Waals surface area (Å²) in [5.74, 6) is -1.86. The number of ether oxygens (including phenoxy) is 1. The van der Waals surface area contributed by atoms with Gasteiger partial charge in [0.05, 0.1) is 23.7 Å². The van der Waals surface area contributed by atoms with E-state index in [4.69, 9.17) is 14.0 Å². The second-order valence-corrected chi connectivity index (χ2v) is 10.3. The van der Waals surface area contributed by atoms with E-state index in [0.29, 0.717) is 5.56 Å². The summed E-state index contributed by atoms with van der Waals surface area (Å²) in [6.45, 7) is 7.71. The van der Waals surface area contributed by atoms with Gasteiger partial charge >= 0.3 is 19.2 Å². The van der Waals surface area contributed by atoms with Gasteiger partial charge in [0.25, 0.3) is 0 Å². The van der Waals surface area contributed by atoms with Gasteiger partial charge < -0.3 is 34.9 Å². The van der Waals surface area contributed by atoms with E-state index in [9.17, 15) is 24.6 Å². The molecular formula is C27H35BN2O8. The second kappa shape index (κ2) is 12.4. The summed E-state index contributed by atoms with van der Waals surface area (Å²) in [7, 11) is -0.533. The van der Waals surface area contributed by atoms with E-state index in [0.717, 1.165) is 11.0 Å². The summed E-state index contributed by atoms with van der Waals surface area (Å²) in [5, 5.41) is 24.5. The summed E-state index contributed by atoms with van der Waals surface area (Å²) in [6, 6.07) is 15.1. The van der Waals surface area contributed by atoms with Crippen molar-refractivity contribution in [3.05, 3.63) is 65.7 Å². The highest BCUT2D eigenvalue weighted by Gasteiger charge is 2.51. The molecule has 1 fully saturated rings. The lowest BCUT2D eigenvalue weighted by molar-refractivity contribution is -0.142. The first-order valence-corrected chi connectivity index (χ1v) is 12.5. The quantitative estimate of drug-likeness (QED) is 0.325. The largest absolute Gasteiger partial charge is 0.494 e. The number of aliphatic carboxylic acids is 1. The molecule has 1 aliphatic rings. The maximum atomic E-state index is 12.4. The highest BCUT2D eigenvalue weighted by atomic mass is 16.7. The molecule has 0 spiro atoms. The van der Waals surface area contributed by atoms with Gasteiger partial charge in [-0.05, 0) is 44.3 Å². The third-order valence-corrected chi connectivity index (χ3v) is 6.69. The van der Waals surface area contributed by atoms with Crippen molar-refractivity contribution in [2.75, 3.05) is 6.54 Å². The molecular weight excluding hydrogens is 491 g/mol. The zero-order valence-electron chi connectivity index (χ0n) is 22.1. The monoisotopic (exact) mass is 526 g/mol. The summed E-state index contributed by atoms with van der Waals surface area (Å²) < 4.78 is 17.1.